The number of hydrogen-bond donors (Lipinski definition) is 2. The molecule has 0 fully saturated rings. The molecule has 0 bridgehead atoms. The molecule has 0 aromatic carbocycles. The Labute approximate surface area is 94.7 Å². The fourth-order valence-electron chi connectivity index (χ4n) is 1.28. The molecule has 1 atom stereocenters. The molecule has 2 N–H and O–H groups in total. The van der Waals surface area contributed by atoms with Crippen molar-refractivity contribution in [1.29, 1.82) is 0 Å². The van der Waals surface area contributed by atoms with Gasteiger partial charge in [0.15, 0.2) is 5.60 Å². The number of halogens is 3. The van der Waals surface area contributed by atoms with Gasteiger partial charge in [0.2, 0.25) is 0 Å². The van der Waals surface area contributed by atoms with Crippen molar-refractivity contribution in [3.63, 3.8) is 0 Å². The van der Waals surface area contributed by atoms with Gasteiger partial charge in [-0.25, -0.2) is 4.79 Å². The molecule has 0 saturated heterocycles. The van der Waals surface area contributed by atoms with E-state index in [1.165, 1.54) is 0 Å². The molecular formula is C10H10F3NO3. The molecule has 1 heterocycles. The van der Waals surface area contributed by atoms with E-state index in [-0.39, 0.29) is 5.56 Å². The second-order valence-corrected chi connectivity index (χ2v) is 3.79. The minimum atomic E-state index is -4.63. The maximum absolute atomic E-state index is 12.6. The van der Waals surface area contributed by atoms with Crippen LogP contribution in [0.25, 0.3) is 0 Å². The van der Waals surface area contributed by atoms with Crippen molar-refractivity contribution in [1.82, 2.24) is 4.98 Å². The molecule has 0 amide bonds. The van der Waals surface area contributed by atoms with Gasteiger partial charge >= 0.3 is 12.1 Å². The Bertz CT molecular complexity index is 429. The molecule has 0 radical (unpaired) electrons. The average Bonchev–Trinajstić information content (AvgIpc) is 2.15. The maximum atomic E-state index is 12.6. The number of carboxylic acids is 1. The van der Waals surface area contributed by atoms with Gasteiger partial charge in [-0.3, -0.25) is 4.98 Å². The Kier molecular flexibility index (Phi) is 3.42. The monoisotopic (exact) mass is 249 g/mol. The third kappa shape index (κ3) is 3.16. The van der Waals surface area contributed by atoms with Crippen LogP contribution in [0.3, 0.4) is 0 Å². The summed E-state index contributed by atoms with van der Waals surface area (Å²) in [5.74, 6) is -1.58. The summed E-state index contributed by atoms with van der Waals surface area (Å²) in [6.45, 7) is 0.940. The van der Waals surface area contributed by atoms with E-state index in [2.05, 4.69) is 4.98 Å². The molecule has 7 heteroatoms. The lowest BCUT2D eigenvalue weighted by Crippen LogP contribution is -2.37. The number of hydrogen-bond acceptors (Lipinski definition) is 3. The summed E-state index contributed by atoms with van der Waals surface area (Å²) in [6.07, 6.45) is -3.55. The number of rotatable bonds is 3. The zero-order chi connectivity index (χ0) is 13.3. The van der Waals surface area contributed by atoms with Crippen molar-refractivity contribution in [2.45, 2.75) is 25.1 Å². The quantitative estimate of drug-likeness (QED) is 0.851. The van der Waals surface area contributed by atoms with Crippen LogP contribution in [0.2, 0.25) is 0 Å². The first-order valence-electron chi connectivity index (χ1n) is 4.60. The molecule has 1 rings (SSSR count). The fraction of sp³-hybridized carbons (Fsp3) is 0.400. The van der Waals surface area contributed by atoms with E-state index in [4.69, 9.17) is 5.11 Å². The van der Waals surface area contributed by atoms with Crippen LogP contribution in [-0.2, 0) is 17.4 Å². The highest BCUT2D eigenvalue weighted by Gasteiger charge is 2.37. The largest absolute Gasteiger partial charge is 0.479 e. The van der Waals surface area contributed by atoms with Gasteiger partial charge in [0.25, 0.3) is 0 Å². The van der Waals surface area contributed by atoms with Crippen molar-refractivity contribution in [2.75, 3.05) is 0 Å². The van der Waals surface area contributed by atoms with Crippen LogP contribution < -0.4 is 0 Å². The normalized spacial score (nSPS) is 15.4. The molecule has 0 saturated carbocycles. The van der Waals surface area contributed by atoms with Crippen molar-refractivity contribution < 1.29 is 28.2 Å². The van der Waals surface area contributed by atoms with E-state index in [0.29, 0.717) is 6.20 Å². The second kappa shape index (κ2) is 4.33. The molecule has 0 spiro atoms. The number of aliphatic hydroxyl groups is 1. The molecule has 1 aromatic rings. The minimum Gasteiger partial charge on any atom is -0.479 e. The summed E-state index contributed by atoms with van der Waals surface area (Å²) in [6, 6.07) is 1.04. The van der Waals surface area contributed by atoms with Gasteiger partial charge in [0.05, 0.1) is 5.56 Å². The number of pyridine rings is 1. The number of nitrogens with zero attached hydrogens (tertiary/aromatic N) is 1. The number of carbonyl (C=O) groups is 1. The predicted molar refractivity (Wildman–Crippen MR) is 51.2 cm³/mol. The fourth-order valence-corrected chi connectivity index (χ4v) is 1.28. The topological polar surface area (TPSA) is 70.4 Å². The number of aliphatic carboxylic acids is 1. The smallest absolute Gasteiger partial charge is 0.418 e. The van der Waals surface area contributed by atoms with Crippen LogP contribution in [-0.4, -0.2) is 26.8 Å². The standard InChI is InChI=1S/C10H10F3NO3/c1-9(17,8(15)16)4-6-2-3-14-5-7(6)10(11,12)13/h2-3,5,17H,4H2,1H3,(H,15,16). The molecule has 1 aromatic heterocycles. The maximum Gasteiger partial charge on any atom is 0.418 e. The van der Waals surface area contributed by atoms with Gasteiger partial charge in [0, 0.05) is 18.8 Å². The Balaban J connectivity index is 3.12. The van der Waals surface area contributed by atoms with Crippen LogP contribution in [0.4, 0.5) is 13.2 Å². The van der Waals surface area contributed by atoms with Crippen LogP contribution in [0.15, 0.2) is 18.5 Å². The SMILES string of the molecule is CC(O)(Cc1ccncc1C(F)(F)F)C(=O)O. The molecule has 94 valence electrons. The van der Waals surface area contributed by atoms with E-state index in [1.807, 2.05) is 0 Å². The van der Waals surface area contributed by atoms with Crippen LogP contribution in [0.1, 0.15) is 18.1 Å². The lowest BCUT2D eigenvalue weighted by Gasteiger charge is -2.20. The summed E-state index contributed by atoms with van der Waals surface area (Å²) >= 11 is 0. The minimum absolute atomic E-state index is 0.306. The predicted octanol–water partition coefficient (Wildman–Crippen LogP) is 1.48. The van der Waals surface area contributed by atoms with Gasteiger partial charge in [-0.1, -0.05) is 0 Å². The van der Waals surface area contributed by atoms with Crippen molar-refractivity contribution >= 4 is 5.97 Å². The van der Waals surface area contributed by atoms with E-state index in [1.54, 1.807) is 0 Å². The first-order chi connectivity index (χ1) is 7.64. The molecule has 0 aliphatic heterocycles. The Morgan fingerprint density at radius 2 is 2.06 bits per heavy atom. The Morgan fingerprint density at radius 1 is 1.47 bits per heavy atom. The third-order valence-electron chi connectivity index (χ3n) is 2.21. The summed E-state index contributed by atoms with van der Waals surface area (Å²) in [7, 11) is 0. The van der Waals surface area contributed by atoms with Gasteiger partial charge in [0.1, 0.15) is 0 Å². The molecule has 17 heavy (non-hydrogen) atoms. The highest BCUT2D eigenvalue weighted by Crippen LogP contribution is 2.32. The van der Waals surface area contributed by atoms with Crippen LogP contribution >= 0.6 is 0 Å². The van der Waals surface area contributed by atoms with Crippen molar-refractivity contribution in [3.05, 3.63) is 29.6 Å². The van der Waals surface area contributed by atoms with Gasteiger partial charge < -0.3 is 10.2 Å². The van der Waals surface area contributed by atoms with Gasteiger partial charge in [-0.05, 0) is 18.6 Å². The highest BCUT2D eigenvalue weighted by molar-refractivity contribution is 5.77. The molecule has 0 aliphatic carbocycles. The summed E-state index contributed by atoms with van der Waals surface area (Å²) in [5.41, 5.74) is -3.59. The second-order valence-electron chi connectivity index (χ2n) is 3.79. The van der Waals surface area contributed by atoms with E-state index in [0.717, 1.165) is 19.2 Å². The highest BCUT2D eigenvalue weighted by atomic mass is 19.4. The number of alkyl halides is 3. The van der Waals surface area contributed by atoms with E-state index < -0.39 is 29.7 Å². The molecule has 0 aliphatic rings. The zero-order valence-electron chi connectivity index (χ0n) is 8.82. The van der Waals surface area contributed by atoms with E-state index >= 15 is 0 Å². The first-order valence-corrected chi connectivity index (χ1v) is 4.60. The Morgan fingerprint density at radius 3 is 2.53 bits per heavy atom. The number of aromatic nitrogens is 1. The lowest BCUT2D eigenvalue weighted by atomic mass is 9.94. The summed E-state index contributed by atoms with van der Waals surface area (Å²) < 4.78 is 37.7. The zero-order valence-corrected chi connectivity index (χ0v) is 8.82. The van der Waals surface area contributed by atoms with Gasteiger partial charge in [-0.2, -0.15) is 13.2 Å². The van der Waals surface area contributed by atoms with Crippen LogP contribution in [0, 0.1) is 0 Å². The van der Waals surface area contributed by atoms with Crippen molar-refractivity contribution in [2.24, 2.45) is 0 Å². The molecule has 1 unspecified atom stereocenters. The molecular weight excluding hydrogens is 239 g/mol. The lowest BCUT2D eigenvalue weighted by molar-refractivity contribution is -0.157. The first kappa shape index (κ1) is 13.4. The van der Waals surface area contributed by atoms with Gasteiger partial charge in [-0.15, -0.1) is 0 Å². The number of carboxylic acid groups (broad SMARTS) is 1. The third-order valence-corrected chi connectivity index (χ3v) is 2.21. The summed E-state index contributed by atoms with van der Waals surface area (Å²) in [4.78, 5) is 14.0. The summed E-state index contributed by atoms with van der Waals surface area (Å²) in [5, 5.41) is 18.1. The van der Waals surface area contributed by atoms with Crippen LogP contribution in [0.5, 0.6) is 0 Å². The average molecular weight is 249 g/mol. The Hall–Kier alpha value is -1.63. The molecule has 4 nitrogen and oxygen atoms in total. The van der Waals surface area contributed by atoms with Crippen molar-refractivity contribution in [3.8, 4) is 0 Å². The van der Waals surface area contributed by atoms with E-state index in [9.17, 15) is 23.1 Å².